The van der Waals surface area contributed by atoms with Crippen molar-refractivity contribution in [3.05, 3.63) is 65.0 Å². The third kappa shape index (κ3) is 3.57. The first kappa shape index (κ1) is 17.0. The Morgan fingerprint density at radius 1 is 1.27 bits per heavy atom. The molecule has 4 rings (SSSR count). The summed E-state index contributed by atoms with van der Waals surface area (Å²) in [5, 5.41) is 4.26. The molecule has 7 heteroatoms. The van der Waals surface area contributed by atoms with Crippen LogP contribution in [0.4, 0.5) is 5.82 Å². The first-order valence-electron chi connectivity index (χ1n) is 8.75. The smallest absolute Gasteiger partial charge is 0.159 e. The van der Waals surface area contributed by atoms with Gasteiger partial charge >= 0.3 is 0 Å². The van der Waals surface area contributed by atoms with Crippen molar-refractivity contribution in [1.29, 1.82) is 0 Å². The van der Waals surface area contributed by atoms with Crippen LogP contribution in [0.1, 0.15) is 17.0 Å². The van der Waals surface area contributed by atoms with Crippen LogP contribution in [0.2, 0.25) is 5.02 Å². The van der Waals surface area contributed by atoms with Crippen LogP contribution in [-0.2, 0) is 13.0 Å². The zero-order valence-electron chi connectivity index (χ0n) is 14.7. The lowest BCUT2D eigenvalue weighted by molar-refractivity contribution is 0.264. The average molecular weight is 369 g/mol. The van der Waals surface area contributed by atoms with E-state index in [9.17, 15) is 0 Å². The Balaban J connectivity index is 1.35. The maximum Gasteiger partial charge on any atom is 0.159 e. The van der Waals surface area contributed by atoms with E-state index in [-0.39, 0.29) is 0 Å². The third-order valence-electron chi connectivity index (χ3n) is 4.72. The molecule has 0 saturated heterocycles. The van der Waals surface area contributed by atoms with Gasteiger partial charge in [0.05, 0.1) is 12.4 Å². The summed E-state index contributed by atoms with van der Waals surface area (Å²) in [6.45, 7) is 5.68. The summed E-state index contributed by atoms with van der Waals surface area (Å²) in [6, 6.07) is 6.18. The molecule has 1 aromatic carbocycles. The van der Waals surface area contributed by atoms with E-state index >= 15 is 0 Å². The van der Waals surface area contributed by atoms with Gasteiger partial charge in [0.25, 0.3) is 0 Å². The summed E-state index contributed by atoms with van der Waals surface area (Å²) in [6.07, 6.45) is 8.15. The lowest BCUT2D eigenvalue weighted by atomic mass is 10.00. The van der Waals surface area contributed by atoms with Crippen molar-refractivity contribution in [2.45, 2.75) is 19.9 Å². The van der Waals surface area contributed by atoms with E-state index in [1.54, 1.807) is 18.6 Å². The Labute approximate surface area is 157 Å². The fourth-order valence-electron chi connectivity index (χ4n) is 3.33. The number of hydrogen-bond acceptors (Lipinski definition) is 5. The molecule has 0 atom stereocenters. The molecule has 0 aliphatic carbocycles. The fraction of sp³-hybridized carbons (Fsp3) is 0.316. The van der Waals surface area contributed by atoms with Crippen LogP contribution in [0, 0.1) is 6.92 Å². The first-order valence-corrected chi connectivity index (χ1v) is 9.13. The minimum Gasteiger partial charge on any atom is -0.367 e. The summed E-state index contributed by atoms with van der Waals surface area (Å²) in [5.74, 6) is 2.43. The molecule has 3 aromatic rings. The molecule has 1 aliphatic heterocycles. The van der Waals surface area contributed by atoms with Crippen LogP contribution in [0.25, 0.3) is 5.82 Å². The Morgan fingerprint density at radius 2 is 2.19 bits per heavy atom. The van der Waals surface area contributed by atoms with Gasteiger partial charge in [-0.05, 0) is 30.5 Å². The van der Waals surface area contributed by atoms with Gasteiger partial charge in [-0.25, -0.2) is 9.97 Å². The van der Waals surface area contributed by atoms with Crippen molar-refractivity contribution in [3.63, 3.8) is 0 Å². The highest BCUT2D eigenvalue weighted by Gasteiger charge is 2.17. The van der Waals surface area contributed by atoms with Gasteiger partial charge in [-0.3, -0.25) is 14.5 Å². The zero-order chi connectivity index (χ0) is 17.9. The van der Waals surface area contributed by atoms with Gasteiger partial charge in [0, 0.05) is 43.6 Å². The highest BCUT2D eigenvalue weighted by molar-refractivity contribution is 6.31. The summed E-state index contributed by atoms with van der Waals surface area (Å²) in [7, 11) is 0. The van der Waals surface area contributed by atoms with E-state index in [2.05, 4.69) is 31.2 Å². The Bertz CT molecular complexity index is 907. The number of hydrogen-bond donors (Lipinski definition) is 1. The molecule has 0 saturated carbocycles. The quantitative estimate of drug-likeness (QED) is 0.750. The van der Waals surface area contributed by atoms with Crippen LogP contribution >= 0.6 is 11.6 Å². The second kappa shape index (κ2) is 7.43. The van der Waals surface area contributed by atoms with Crippen molar-refractivity contribution in [2.75, 3.05) is 25.0 Å². The van der Waals surface area contributed by atoms with E-state index in [0.717, 1.165) is 55.1 Å². The molecule has 134 valence electrons. The molecule has 0 fully saturated rings. The number of nitrogens with zero attached hydrogens (tertiary/aromatic N) is 5. The molecule has 3 heterocycles. The van der Waals surface area contributed by atoms with Crippen molar-refractivity contribution in [2.24, 2.45) is 0 Å². The molecule has 0 spiro atoms. The summed E-state index contributed by atoms with van der Waals surface area (Å²) in [5.41, 5.74) is 2.63. The number of aryl methyl sites for hydroxylation is 1. The van der Waals surface area contributed by atoms with Gasteiger partial charge in [-0.15, -0.1) is 0 Å². The predicted octanol–water partition coefficient (Wildman–Crippen LogP) is 3.09. The highest BCUT2D eigenvalue weighted by Crippen LogP contribution is 2.25. The third-order valence-corrected chi connectivity index (χ3v) is 5.07. The number of rotatable bonds is 5. The summed E-state index contributed by atoms with van der Waals surface area (Å²) in [4.78, 5) is 15.6. The molecule has 1 aliphatic rings. The zero-order valence-corrected chi connectivity index (χ0v) is 15.4. The number of nitrogens with one attached hydrogen (secondary N) is 1. The molecule has 1 N–H and O–H groups in total. The molecule has 0 bridgehead atoms. The lowest BCUT2D eigenvalue weighted by Crippen LogP contribution is -2.34. The van der Waals surface area contributed by atoms with E-state index in [1.165, 1.54) is 11.1 Å². The van der Waals surface area contributed by atoms with Crippen molar-refractivity contribution in [1.82, 2.24) is 24.4 Å². The number of halogens is 1. The minimum atomic E-state index is 0.770. The summed E-state index contributed by atoms with van der Waals surface area (Å²) >= 11 is 6.29. The molecule has 6 nitrogen and oxygen atoms in total. The second-order valence-corrected chi connectivity index (χ2v) is 6.84. The van der Waals surface area contributed by atoms with Crippen LogP contribution in [0.3, 0.4) is 0 Å². The van der Waals surface area contributed by atoms with Gasteiger partial charge in [-0.2, -0.15) is 0 Å². The maximum atomic E-state index is 6.29. The topological polar surface area (TPSA) is 58.9 Å². The molecule has 2 aromatic heterocycles. The van der Waals surface area contributed by atoms with E-state index < -0.39 is 0 Å². The molecule has 0 radical (unpaired) electrons. The lowest BCUT2D eigenvalue weighted by Gasteiger charge is -2.29. The van der Waals surface area contributed by atoms with E-state index in [4.69, 9.17) is 11.6 Å². The minimum absolute atomic E-state index is 0.770. The van der Waals surface area contributed by atoms with Crippen molar-refractivity contribution >= 4 is 17.4 Å². The first-order chi connectivity index (χ1) is 12.7. The summed E-state index contributed by atoms with van der Waals surface area (Å²) < 4.78 is 1.92. The fourth-order valence-corrected chi connectivity index (χ4v) is 3.62. The van der Waals surface area contributed by atoms with Crippen LogP contribution in [0.15, 0.2) is 43.0 Å². The van der Waals surface area contributed by atoms with Gasteiger partial charge in [-0.1, -0.05) is 23.7 Å². The Kier molecular flexibility index (Phi) is 4.86. The maximum absolute atomic E-state index is 6.29. The number of fused-ring (bicyclic) bond motifs is 1. The largest absolute Gasteiger partial charge is 0.367 e. The van der Waals surface area contributed by atoms with Gasteiger partial charge < -0.3 is 5.32 Å². The Morgan fingerprint density at radius 3 is 3.04 bits per heavy atom. The average Bonchev–Trinajstić information content (AvgIpc) is 3.08. The van der Waals surface area contributed by atoms with Gasteiger partial charge in [0.1, 0.15) is 11.6 Å². The van der Waals surface area contributed by atoms with E-state index in [0.29, 0.717) is 0 Å². The van der Waals surface area contributed by atoms with Crippen LogP contribution < -0.4 is 5.32 Å². The standard InChI is InChI=1S/C19H21ClN6/c1-14-22-7-10-26(14)19-12-21-11-18(24-19)23-6-9-25-8-5-16-15(13-25)3-2-4-17(16)20/h2-4,7,10-12H,5-6,8-9,13H2,1H3,(H,23,24). The van der Waals surface area contributed by atoms with Crippen molar-refractivity contribution < 1.29 is 0 Å². The second-order valence-electron chi connectivity index (χ2n) is 6.44. The molecule has 0 unspecified atom stereocenters. The Hall–Kier alpha value is -2.44. The normalized spacial score (nSPS) is 14.2. The molecule has 0 amide bonds. The monoisotopic (exact) mass is 368 g/mol. The van der Waals surface area contributed by atoms with Crippen molar-refractivity contribution in [3.8, 4) is 5.82 Å². The number of benzene rings is 1. The number of imidazole rings is 1. The van der Waals surface area contributed by atoms with E-state index in [1.807, 2.05) is 29.8 Å². The molecular formula is C19H21ClN6. The molecule has 26 heavy (non-hydrogen) atoms. The predicted molar refractivity (Wildman–Crippen MR) is 103 cm³/mol. The van der Waals surface area contributed by atoms with Crippen LogP contribution in [-0.4, -0.2) is 44.1 Å². The molecular weight excluding hydrogens is 348 g/mol. The van der Waals surface area contributed by atoms with Crippen LogP contribution in [0.5, 0.6) is 0 Å². The number of aromatic nitrogens is 4. The SMILES string of the molecule is Cc1nccn1-c1cncc(NCCN2CCc3c(Cl)cccc3C2)n1. The van der Waals surface area contributed by atoms with Gasteiger partial charge in [0.2, 0.25) is 0 Å². The highest BCUT2D eigenvalue weighted by atomic mass is 35.5. The number of anilines is 1. The van der Waals surface area contributed by atoms with Gasteiger partial charge in [0.15, 0.2) is 5.82 Å².